The minimum Gasteiger partial charge on any atom is -0.299 e. The van der Waals surface area contributed by atoms with Gasteiger partial charge in [0.2, 0.25) is 0 Å². The van der Waals surface area contributed by atoms with Crippen LogP contribution in [0.25, 0.3) is 0 Å². The van der Waals surface area contributed by atoms with Crippen molar-refractivity contribution in [3.8, 4) is 0 Å². The van der Waals surface area contributed by atoms with E-state index in [0.717, 1.165) is 19.1 Å². The summed E-state index contributed by atoms with van der Waals surface area (Å²) in [5.74, 6) is 0. The first-order chi connectivity index (χ1) is 6.56. The van der Waals surface area contributed by atoms with E-state index in [9.17, 15) is 4.79 Å². The Hall–Kier alpha value is 0.0812. The van der Waals surface area contributed by atoms with E-state index in [1.807, 2.05) is 6.92 Å². The maximum absolute atomic E-state index is 10.2. The first-order valence-electron chi connectivity index (χ1n) is 5.12. The van der Waals surface area contributed by atoms with Crippen LogP contribution in [0.2, 0.25) is 19.1 Å². The van der Waals surface area contributed by atoms with Crippen molar-refractivity contribution >= 4 is 15.1 Å². The molecule has 0 rings (SSSR count). The molecule has 0 unspecified atom stereocenters. The summed E-state index contributed by atoms with van der Waals surface area (Å²) < 4.78 is 0. The quantitative estimate of drug-likeness (QED) is 0.307. The Morgan fingerprint density at radius 2 is 1.80 bits per heavy atom. The van der Waals surface area contributed by atoms with E-state index in [0.29, 0.717) is 0 Å². The summed E-state index contributed by atoms with van der Waals surface area (Å²) in [6.07, 6.45) is 6.89. The first-order valence-corrected chi connectivity index (χ1v) is 7.82. The Morgan fingerprint density at radius 1 is 1.20 bits per heavy atom. The number of allylic oxidation sites excluding steroid dienone is 4. The van der Waals surface area contributed by atoms with Crippen LogP contribution in [0.4, 0.5) is 0 Å². The zero-order valence-corrected chi connectivity index (χ0v) is 12.8. The average molecular weight is 257 g/mol. The number of carbonyl (C=O) groups is 1. The van der Waals surface area contributed by atoms with Gasteiger partial charge in [0, 0.05) is 30.5 Å². The van der Waals surface area contributed by atoms with E-state index in [1.54, 1.807) is 6.08 Å². The molecule has 0 saturated carbocycles. The second-order valence-corrected chi connectivity index (χ2v) is 6.89. The molecular weight excluding hydrogens is 236 g/mol. The van der Waals surface area contributed by atoms with Crippen molar-refractivity contribution in [1.82, 2.24) is 0 Å². The van der Waals surface area contributed by atoms with Gasteiger partial charge in [0.05, 0.1) is 0 Å². The maximum Gasteiger partial charge on any atom is 0.142 e. The van der Waals surface area contributed by atoms with Crippen molar-refractivity contribution in [1.29, 1.82) is 0 Å². The van der Waals surface area contributed by atoms with E-state index >= 15 is 0 Å². The van der Waals surface area contributed by atoms with Crippen LogP contribution >= 0.6 is 0 Å². The van der Waals surface area contributed by atoms with Gasteiger partial charge in [-0.3, -0.25) is 4.79 Å². The van der Waals surface area contributed by atoms with Crippen LogP contribution < -0.4 is 0 Å². The summed E-state index contributed by atoms with van der Waals surface area (Å²) in [6.45, 7) is 8.88. The van der Waals surface area contributed by atoms with Crippen LogP contribution in [-0.4, -0.2) is 15.1 Å². The molecule has 0 heterocycles. The Balaban J connectivity index is 0. The monoisotopic (exact) mass is 257 g/mol. The van der Waals surface area contributed by atoms with E-state index in [4.69, 9.17) is 0 Å². The van der Waals surface area contributed by atoms with Gasteiger partial charge >= 0.3 is 0 Å². The molecule has 0 aromatic carbocycles. The molecule has 3 heteroatoms. The molecular formula is C12H21OSiTi. The molecule has 1 radical (unpaired) electrons. The predicted octanol–water partition coefficient (Wildman–Crippen LogP) is 3.61. The van der Waals surface area contributed by atoms with Gasteiger partial charge in [0.1, 0.15) is 6.29 Å². The van der Waals surface area contributed by atoms with Gasteiger partial charge in [0.15, 0.2) is 0 Å². The van der Waals surface area contributed by atoms with Crippen molar-refractivity contribution in [2.45, 2.75) is 45.8 Å². The van der Waals surface area contributed by atoms with Crippen molar-refractivity contribution in [2.24, 2.45) is 0 Å². The zero-order chi connectivity index (χ0) is 11.0. The summed E-state index contributed by atoms with van der Waals surface area (Å²) in [7, 11) is -0.133. The SMILES string of the molecule is CC(=CCC/C(C)=C\C=O)C[Si](C)C.[Ti]. The molecule has 15 heavy (non-hydrogen) atoms. The van der Waals surface area contributed by atoms with Crippen LogP contribution in [0.5, 0.6) is 0 Å². The van der Waals surface area contributed by atoms with Crippen molar-refractivity contribution in [2.75, 3.05) is 0 Å². The predicted molar refractivity (Wildman–Crippen MR) is 65.1 cm³/mol. The second kappa shape index (κ2) is 10.6. The standard InChI is InChI=1S/C12H21OSi.Ti/c1-11(8-9-13)6-5-7-12(2)10-14(3)4;/h7-9H,5-6,10H2,1-4H3;/b11-8-,12-7?;. The molecule has 0 aliphatic carbocycles. The third kappa shape index (κ3) is 12.0. The van der Waals surface area contributed by atoms with Gasteiger partial charge in [-0.2, -0.15) is 0 Å². The van der Waals surface area contributed by atoms with Gasteiger partial charge in [-0.15, -0.1) is 0 Å². The fourth-order valence-electron chi connectivity index (χ4n) is 1.38. The maximum atomic E-state index is 10.2. The molecule has 0 aromatic rings. The molecule has 0 saturated heterocycles. The van der Waals surface area contributed by atoms with E-state index in [-0.39, 0.29) is 30.5 Å². The van der Waals surface area contributed by atoms with Crippen LogP contribution in [0.3, 0.4) is 0 Å². The molecule has 83 valence electrons. The zero-order valence-electron chi connectivity index (χ0n) is 10.3. The topological polar surface area (TPSA) is 17.1 Å². The molecule has 0 N–H and O–H groups in total. The largest absolute Gasteiger partial charge is 0.299 e. The Kier molecular flexibility index (Phi) is 12.3. The molecule has 0 atom stereocenters. The molecule has 0 aliphatic rings. The number of aldehydes is 1. The van der Waals surface area contributed by atoms with E-state index < -0.39 is 0 Å². The van der Waals surface area contributed by atoms with Crippen LogP contribution in [-0.2, 0) is 26.5 Å². The van der Waals surface area contributed by atoms with E-state index in [1.165, 1.54) is 17.2 Å². The summed E-state index contributed by atoms with van der Waals surface area (Å²) in [4.78, 5) is 10.2. The molecule has 1 nitrogen and oxygen atoms in total. The Morgan fingerprint density at radius 3 is 2.27 bits per heavy atom. The molecule has 0 fully saturated rings. The van der Waals surface area contributed by atoms with Gasteiger partial charge in [-0.05, 0) is 38.8 Å². The average Bonchev–Trinajstić information content (AvgIpc) is 2.02. The molecule has 0 aliphatic heterocycles. The Bertz CT molecular complexity index is 232. The normalized spacial score (nSPS) is 12.6. The van der Waals surface area contributed by atoms with Crippen molar-refractivity contribution < 1.29 is 26.5 Å². The number of hydrogen-bond acceptors (Lipinski definition) is 1. The molecule has 0 spiro atoms. The summed E-state index contributed by atoms with van der Waals surface area (Å²) >= 11 is 0. The van der Waals surface area contributed by atoms with Gasteiger partial charge in [0.25, 0.3) is 0 Å². The van der Waals surface area contributed by atoms with Crippen molar-refractivity contribution in [3.05, 3.63) is 23.3 Å². The van der Waals surface area contributed by atoms with Crippen molar-refractivity contribution in [3.63, 3.8) is 0 Å². The minimum atomic E-state index is -0.133. The first kappa shape index (κ1) is 17.5. The Labute approximate surface area is 111 Å². The molecule has 0 aromatic heterocycles. The number of carbonyl (C=O) groups excluding carboxylic acids is 1. The summed E-state index contributed by atoms with van der Waals surface area (Å²) in [5, 5.41) is 0. The third-order valence-electron chi connectivity index (χ3n) is 2.02. The van der Waals surface area contributed by atoms with Gasteiger partial charge in [-0.25, -0.2) is 0 Å². The number of hydrogen-bond donors (Lipinski definition) is 0. The van der Waals surface area contributed by atoms with Gasteiger partial charge < -0.3 is 0 Å². The van der Waals surface area contributed by atoms with Gasteiger partial charge in [-0.1, -0.05) is 30.3 Å². The second-order valence-electron chi connectivity index (χ2n) is 4.12. The fraction of sp³-hybridized carbons (Fsp3) is 0.583. The van der Waals surface area contributed by atoms with Crippen LogP contribution in [0.1, 0.15) is 26.7 Å². The molecule has 0 amide bonds. The summed E-state index contributed by atoms with van der Waals surface area (Å²) in [6, 6.07) is 1.28. The molecule has 0 bridgehead atoms. The summed E-state index contributed by atoms with van der Waals surface area (Å²) in [5.41, 5.74) is 2.67. The fourth-order valence-corrected chi connectivity index (χ4v) is 2.64. The third-order valence-corrected chi connectivity index (χ3v) is 3.28. The minimum absolute atomic E-state index is 0. The van der Waals surface area contributed by atoms with Crippen LogP contribution in [0, 0.1) is 0 Å². The van der Waals surface area contributed by atoms with Crippen LogP contribution in [0.15, 0.2) is 23.3 Å². The van der Waals surface area contributed by atoms with E-state index in [2.05, 4.69) is 26.1 Å². The smallest absolute Gasteiger partial charge is 0.142 e. The number of rotatable bonds is 6.